The van der Waals surface area contributed by atoms with Gasteiger partial charge in [-0.05, 0) is 26.0 Å². The van der Waals surface area contributed by atoms with Gasteiger partial charge in [0.1, 0.15) is 5.75 Å². The first kappa shape index (κ1) is 12.5. The van der Waals surface area contributed by atoms with Crippen LogP contribution in [0.25, 0.3) is 0 Å². The number of benzene rings is 1. The van der Waals surface area contributed by atoms with E-state index in [1.165, 1.54) is 19.1 Å². The second-order valence-electron chi connectivity index (χ2n) is 3.45. The van der Waals surface area contributed by atoms with Crippen LogP contribution >= 0.6 is 0 Å². The van der Waals surface area contributed by atoms with Gasteiger partial charge in [0.15, 0.2) is 0 Å². The molecule has 0 aromatic heterocycles. The first-order valence-electron chi connectivity index (χ1n) is 5.03. The molecule has 0 fully saturated rings. The Morgan fingerprint density at radius 2 is 1.94 bits per heavy atom. The van der Waals surface area contributed by atoms with Gasteiger partial charge in [0, 0.05) is 5.56 Å². The molecule has 0 aliphatic carbocycles. The predicted molar refractivity (Wildman–Crippen MR) is 58.1 cm³/mol. The van der Waals surface area contributed by atoms with Crippen molar-refractivity contribution < 1.29 is 18.7 Å². The fourth-order valence-corrected chi connectivity index (χ4v) is 1.34. The molecule has 0 spiro atoms. The summed E-state index contributed by atoms with van der Waals surface area (Å²) in [6, 6.07) is 6.28. The van der Waals surface area contributed by atoms with Crippen LogP contribution in [0.5, 0.6) is 5.75 Å². The Morgan fingerprint density at radius 1 is 1.38 bits per heavy atom. The number of alkyl halides is 1. The molecule has 0 saturated heterocycles. The van der Waals surface area contributed by atoms with E-state index in [9.17, 15) is 9.18 Å². The lowest BCUT2D eigenvalue weighted by molar-refractivity contribution is -0.154. The minimum Gasteiger partial charge on any atom is -0.494 e. The highest BCUT2D eigenvalue weighted by molar-refractivity contribution is 5.80. The second-order valence-corrected chi connectivity index (χ2v) is 3.45. The van der Waals surface area contributed by atoms with Gasteiger partial charge in [0.05, 0.1) is 13.7 Å². The number of methoxy groups -OCH3 is 1. The maximum Gasteiger partial charge on any atom is 0.348 e. The third-order valence-electron chi connectivity index (χ3n) is 2.28. The summed E-state index contributed by atoms with van der Waals surface area (Å²) >= 11 is 0. The van der Waals surface area contributed by atoms with Crippen molar-refractivity contribution in [1.29, 1.82) is 0 Å². The van der Waals surface area contributed by atoms with Gasteiger partial charge in [-0.15, -0.1) is 0 Å². The van der Waals surface area contributed by atoms with E-state index in [0.29, 0.717) is 12.4 Å². The minimum atomic E-state index is -2.13. The van der Waals surface area contributed by atoms with E-state index in [1.807, 2.05) is 6.92 Å². The molecule has 0 saturated carbocycles. The molecule has 3 nitrogen and oxygen atoms in total. The van der Waals surface area contributed by atoms with Crippen LogP contribution in [0.15, 0.2) is 24.3 Å². The molecule has 88 valence electrons. The third kappa shape index (κ3) is 2.51. The minimum absolute atomic E-state index is 0.253. The number of esters is 1. The monoisotopic (exact) mass is 226 g/mol. The van der Waals surface area contributed by atoms with Gasteiger partial charge in [-0.25, -0.2) is 9.18 Å². The van der Waals surface area contributed by atoms with Crippen molar-refractivity contribution in [2.75, 3.05) is 13.7 Å². The van der Waals surface area contributed by atoms with Gasteiger partial charge in [-0.1, -0.05) is 12.1 Å². The number of hydrogen-bond donors (Lipinski definition) is 0. The average molecular weight is 226 g/mol. The smallest absolute Gasteiger partial charge is 0.348 e. The summed E-state index contributed by atoms with van der Waals surface area (Å²) in [5.41, 5.74) is -1.87. The van der Waals surface area contributed by atoms with Crippen LogP contribution in [0.2, 0.25) is 0 Å². The van der Waals surface area contributed by atoms with Crippen LogP contribution in [0.3, 0.4) is 0 Å². The number of hydrogen-bond acceptors (Lipinski definition) is 3. The number of halogens is 1. The predicted octanol–water partition coefficient (Wildman–Crippen LogP) is 2.44. The van der Waals surface area contributed by atoms with E-state index in [4.69, 9.17) is 4.74 Å². The lowest BCUT2D eigenvalue weighted by Crippen LogP contribution is -2.28. The molecule has 0 bridgehead atoms. The fourth-order valence-electron chi connectivity index (χ4n) is 1.34. The van der Waals surface area contributed by atoms with E-state index in [1.54, 1.807) is 12.1 Å². The molecule has 1 aromatic rings. The molecule has 0 aliphatic heterocycles. The Hall–Kier alpha value is -1.58. The lowest BCUT2D eigenvalue weighted by atomic mass is 9.98. The van der Waals surface area contributed by atoms with Gasteiger partial charge < -0.3 is 9.47 Å². The molecular formula is C12H15FO3. The molecule has 16 heavy (non-hydrogen) atoms. The SMILES string of the molecule is CCOc1ccc(C(C)(F)C(=O)OC)cc1. The normalized spacial score (nSPS) is 14.0. The van der Waals surface area contributed by atoms with Gasteiger partial charge in [0.2, 0.25) is 5.67 Å². The van der Waals surface area contributed by atoms with Crippen molar-refractivity contribution in [3.63, 3.8) is 0 Å². The summed E-state index contributed by atoms with van der Waals surface area (Å²) in [7, 11) is 1.16. The van der Waals surface area contributed by atoms with Crippen LogP contribution in [0.1, 0.15) is 19.4 Å². The molecule has 1 rings (SSSR count). The third-order valence-corrected chi connectivity index (χ3v) is 2.28. The number of carbonyl (C=O) groups excluding carboxylic acids is 1. The maximum absolute atomic E-state index is 14.0. The molecule has 1 atom stereocenters. The Bertz CT molecular complexity index is 357. The van der Waals surface area contributed by atoms with Crippen LogP contribution < -0.4 is 4.74 Å². The summed E-state index contributed by atoms with van der Waals surface area (Å²) in [4.78, 5) is 11.2. The highest BCUT2D eigenvalue weighted by Crippen LogP contribution is 2.28. The van der Waals surface area contributed by atoms with Gasteiger partial charge in [-0.3, -0.25) is 0 Å². The first-order valence-corrected chi connectivity index (χ1v) is 5.03. The van der Waals surface area contributed by atoms with Crippen molar-refractivity contribution in [2.24, 2.45) is 0 Å². The summed E-state index contributed by atoms with van der Waals surface area (Å²) in [6.45, 7) is 3.58. The Labute approximate surface area is 94.2 Å². The topological polar surface area (TPSA) is 35.5 Å². The molecule has 0 radical (unpaired) electrons. The van der Waals surface area contributed by atoms with Crippen molar-refractivity contribution in [3.05, 3.63) is 29.8 Å². The molecule has 0 heterocycles. The van der Waals surface area contributed by atoms with Gasteiger partial charge in [-0.2, -0.15) is 0 Å². The first-order chi connectivity index (χ1) is 7.52. The Balaban J connectivity index is 2.92. The Kier molecular flexibility index (Phi) is 3.88. The van der Waals surface area contributed by atoms with Crippen molar-refractivity contribution in [3.8, 4) is 5.75 Å². The molecule has 0 aliphatic rings. The van der Waals surface area contributed by atoms with Crippen LogP contribution in [-0.4, -0.2) is 19.7 Å². The quantitative estimate of drug-likeness (QED) is 0.740. The fraction of sp³-hybridized carbons (Fsp3) is 0.417. The standard InChI is InChI=1S/C12H15FO3/c1-4-16-10-7-5-9(6-8-10)12(2,13)11(14)15-3/h5-8H,4H2,1-3H3. The number of ether oxygens (including phenoxy) is 2. The molecule has 1 aromatic carbocycles. The zero-order valence-electron chi connectivity index (χ0n) is 9.62. The zero-order valence-corrected chi connectivity index (χ0v) is 9.62. The molecule has 1 unspecified atom stereocenters. The van der Waals surface area contributed by atoms with Crippen LogP contribution in [0.4, 0.5) is 4.39 Å². The largest absolute Gasteiger partial charge is 0.494 e. The highest BCUT2D eigenvalue weighted by atomic mass is 19.1. The summed E-state index contributed by atoms with van der Waals surface area (Å²) in [5, 5.41) is 0. The van der Waals surface area contributed by atoms with E-state index in [-0.39, 0.29) is 5.56 Å². The second kappa shape index (κ2) is 4.96. The summed E-state index contributed by atoms with van der Waals surface area (Å²) < 4.78 is 23.6. The molecule has 0 N–H and O–H groups in total. The molecule has 4 heteroatoms. The van der Waals surface area contributed by atoms with Gasteiger partial charge in [0.25, 0.3) is 0 Å². The molecule has 0 amide bonds. The van der Waals surface area contributed by atoms with Crippen LogP contribution in [0, 0.1) is 0 Å². The van der Waals surface area contributed by atoms with Crippen molar-refractivity contribution in [1.82, 2.24) is 0 Å². The Morgan fingerprint density at radius 3 is 2.38 bits per heavy atom. The summed E-state index contributed by atoms with van der Waals surface area (Å²) in [6.07, 6.45) is 0. The zero-order chi connectivity index (χ0) is 12.2. The van der Waals surface area contributed by atoms with Crippen molar-refractivity contribution in [2.45, 2.75) is 19.5 Å². The van der Waals surface area contributed by atoms with E-state index >= 15 is 0 Å². The average Bonchev–Trinajstić information content (AvgIpc) is 2.29. The van der Waals surface area contributed by atoms with E-state index in [0.717, 1.165) is 7.11 Å². The number of rotatable bonds is 4. The van der Waals surface area contributed by atoms with E-state index in [2.05, 4.69) is 4.74 Å². The number of carbonyl (C=O) groups is 1. The van der Waals surface area contributed by atoms with Gasteiger partial charge >= 0.3 is 5.97 Å². The molecular weight excluding hydrogens is 211 g/mol. The highest BCUT2D eigenvalue weighted by Gasteiger charge is 2.36. The lowest BCUT2D eigenvalue weighted by Gasteiger charge is -2.18. The van der Waals surface area contributed by atoms with E-state index < -0.39 is 11.6 Å². The maximum atomic E-state index is 14.0. The van der Waals surface area contributed by atoms with Crippen LogP contribution in [-0.2, 0) is 15.2 Å². The summed E-state index contributed by atoms with van der Waals surface area (Å²) in [5.74, 6) is -0.261. The van der Waals surface area contributed by atoms with Crippen molar-refractivity contribution >= 4 is 5.97 Å².